The van der Waals surface area contributed by atoms with E-state index >= 15 is 0 Å². The van der Waals surface area contributed by atoms with Crippen LogP contribution in [0.15, 0.2) is 0 Å². The van der Waals surface area contributed by atoms with Crippen molar-refractivity contribution in [2.45, 2.75) is 321 Å². The van der Waals surface area contributed by atoms with Gasteiger partial charge < -0.3 is 20.3 Å². The minimum Gasteiger partial charge on any atom is -0.466 e. The Balaban J connectivity index is 3.44. The maximum Gasteiger partial charge on any atom is 0.305 e. The number of aliphatic hydroxyl groups is 2. The number of carbonyl (C=O) groups excluding carboxylic acids is 2. The average molecular weight is 850 g/mol. The quantitative estimate of drug-likeness (QED) is 0.0418. The Labute approximate surface area is 375 Å². The first-order valence-corrected chi connectivity index (χ1v) is 27.3. The van der Waals surface area contributed by atoms with Gasteiger partial charge in [0.2, 0.25) is 5.91 Å². The Kier molecular flexibility index (Phi) is 49.5. The van der Waals surface area contributed by atoms with Crippen molar-refractivity contribution in [3.8, 4) is 0 Å². The second kappa shape index (κ2) is 50.5. The summed E-state index contributed by atoms with van der Waals surface area (Å²) < 4.78 is 5.46. The highest BCUT2D eigenvalue weighted by molar-refractivity contribution is 5.76. The van der Waals surface area contributed by atoms with E-state index in [1.807, 2.05) is 0 Å². The van der Waals surface area contributed by atoms with Gasteiger partial charge in [-0.1, -0.05) is 271 Å². The van der Waals surface area contributed by atoms with Crippen molar-refractivity contribution in [3.05, 3.63) is 0 Å². The fraction of sp³-hybridized carbons (Fsp3) is 0.963. The van der Waals surface area contributed by atoms with Gasteiger partial charge in [-0.15, -0.1) is 0 Å². The standard InChI is InChI=1S/C54H107NO5/c1-3-5-7-9-11-13-15-17-18-19-20-23-26-30-34-38-42-46-52(57)51(50-56)55-53(58)47-43-39-35-31-27-24-21-25-29-33-37-41-45-49-60-54(59)48-44-40-36-32-28-22-16-14-12-10-8-6-4-2/h51-52,56-57H,3-50H2,1-2H3,(H,55,58). The molecule has 0 aliphatic carbocycles. The molecule has 2 atom stereocenters. The van der Waals surface area contributed by atoms with Crippen LogP contribution in [0.2, 0.25) is 0 Å². The van der Waals surface area contributed by atoms with Crippen molar-refractivity contribution in [2.75, 3.05) is 13.2 Å². The van der Waals surface area contributed by atoms with Crippen molar-refractivity contribution in [2.24, 2.45) is 0 Å². The van der Waals surface area contributed by atoms with Crippen molar-refractivity contribution in [1.29, 1.82) is 0 Å². The first-order chi connectivity index (χ1) is 29.5. The fourth-order valence-corrected chi connectivity index (χ4v) is 8.70. The molecule has 0 heterocycles. The minimum absolute atomic E-state index is 0.00296. The molecule has 0 aliphatic heterocycles. The van der Waals surface area contributed by atoms with Gasteiger partial charge in [0.25, 0.3) is 0 Å². The number of esters is 1. The molecule has 0 bridgehead atoms. The van der Waals surface area contributed by atoms with E-state index in [2.05, 4.69) is 19.2 Å². The molecule has 6 nitrogen and oxygen atoms in total. The van der Waals surface area contributed by atoms with Crippen LogP contribution in [0.25, 0.3) is 0 Å². The molecule has 0 radical (unpaired) electrons. The van der Waals surface area contributed by atoms with Crippen molar-refractivity contribution in [1.82, 2.24) is 5.32 Å². The molecule has 6 heteroatoms. The Bertz CT molecular complexity index is 852. The van der Waals surface area contributed by atoms with Gasteiger partial charge in [-0.3, -0.25) is 9.59 Å². The second-order valence-corrected chi connectivity index (χ2v) is 18.9. The third-order valence-corrected chi connectivity index (χ3v) is 12.9. The molecule has 0 aromatic carbocycles. The molecule has 0 aliphatic rings. The van der Waals surface area contributed by atoms with Crippen LogP contribution in [0.5, 0.6) is 0 Å². The van der Waals surface area contributed by atoms with Crippen LogP contribution >= 0.6 is 0 Å². The predicted molar refractivity (Wildman–Crippen MR) is 260 cm³/mol. The van der Waals surface area contributed by atoms with E-state index < -0.39 is 12.1 Å². The van der Waals surface area contributed by atoms with Gasteiger partial charge in [0.1, 0.15) is 0 Å². The number of nitrogens with one attached hydrogen (secondary N) is 1. The van der Waals surface area contributed by atoms with E-state index in [0.717, 1.165) is 51.4 Å². The van der Waals surface area contributed by atoms with Crippen molar-refractivity contribution >= 4 is 11.9 Å². The summed E-state index contributed by atoms with van der Waals surface area (Å²) in [5, 5.41) is 23.3. The highest BCUT2D eigenvalue weighted by Gasteiger charge is 2.20. The summed E-state index contributed by atoms with van der Waals surface area (Å²) >= 11 is 0. The molecule has 0 saturated carbocycles. The maximum absolute atomic E-state index is 12.5. The lowest BCUT2D eigenvalue weighted by Gasteiger charge is -2.22. The molecular formula is C54H107NO5. The number of amides is 1. The van der Waals surface area contributed by atoms with E-state index in [9.17, 15) is 19.8 Å². The Morgan fingerprint density at radius 3 is 1.02 bits per heavy atom. The predicted octanol–water partition coefficient (Wildman–Crippen LogP) is 16.4. The highest BCUT2D eigenvalue weighted by atomic mass is 16.5. The van der Waals surface area contributed by atoms with Crippen LogP contribution < -0.4 is 5.32 Å². The average Bonchev–Trinajstić information content (AvgIpc) is 3.25. The van der Waals surface area contributed by atoms with Crippen LogP contribution in [-0.2, 0) is 14.3 Å². The summed E-state index contributed by atoms with van der Waals surface area (Å²) in [5.41, 5.74) is 0. The maximum atomic E-state index is 12.5. The number of hydrogen-bond donors (Lipinski definition) is 3. The number of hydrogen-bond acceptors (Lipinski definition) is 5. The molecule has 358 valence electrons. The highest BCUT2D eigenvalue weighted by Crippen LogP contribution is 2.17. The third-order valence-electron chi connectivity index (χ3n) is 12.9. The first kappa shape index (κ1) is 58.9. The molecule has 0 spiro atoms. The lowest BCUT2D eigenvalue weighted by molar-refractivity contribution is -0.143. The summed E-state index contributed by atoms with van der Waals surface area (Å²) in [6, 6.07) is -0.549. The molecule has 60 heavy (non-hydrogen) atoms. The van der Waals surface area contributed by atoms with E-state index in [0.29, 0.717) is 25.9 Å². The van der Waals surface area contributed by atoms with Crippen LogP contribution in [0.1, 0.15) is 309 Å². The van der Waals surface area contributed by atoms with E-state index in [1.165, 1.54) is 225 Å². The summed E-state index contributed by atoms with van der Waals surface area (Å²) in [6.07, 6.45) is 56.4. The minimum atomic E-state index is -0.671. The largest absolute Gasteiger partial charge is 0.466 e. The van der Waals surface area contributed by atoms with E-state index in [-0.39, 0.29) is 18.5 Å². The first-order valence-electron chi connectivity index (χ1n) is 27.3. The van der Waals surface area contributed by atoms with Gasteiger partial charge >= 0.3 is 5.97 Å². The van der Waals surface area contributed by atoms with Gasteiger partial charge in [0.15, 0.2) is 0 Å². The molecule has 3 N–H and O–H groups in total. The van der Waals surface area contributed by atoms with E-state index in [4.69, 9.17) is 4.74 Å². The number of carbonyl (C=O) groups is 2. The molecule has 2 unspecified atom stereocenters. The topological polar surface area (TPSA) is 95.9 Å². The van der Waals surface area contributed by atoms with Crippen molar-refractivity contribution in [3.63, 3.8) is 0 Å². The Hall–Kier alpha value is -1.14. The monoisotopic (exact) mass is 850 g/mol. The molecule has 0 saturated heterocycles. The zero-order valence-electron chi connectivity index (χ0n) is 40.7. The number of aliphatic hydroxyl groups excluding tert-OH is 2. The normalized spacial score (nSPS) is 12.5. The van der Waals surface area contributed by atoms with Crippen LogP contribution in [0.3, 0.4) is 0 Å². The van der Waals surface area contributed by atoms with Gasteiger partial charge in [-0.2, -0.15) is 0 Å². The zero-order valence-corrected chi connectivity index (χ0v) is 40.7. The SMILES string of the molecule is CCCCCCCCCCCCCCCCCCCC(O)C(CO)NC(=O)CCCCCCCCCCCCCCCOC(=O)CCCCCCCCCCCCCCC. The zero-order chi connectivity index (χ0) is 43.7. The van der Waals surface area contributed by atoms with Crippen molar-refractivity contribution < 1.29 is 24.5 Å². The summed E-state index contributed by atoms with van der Waals surface area (Å²) in [5.74, 6) is -0.0476. The summed E-state index contributed by atoms with van der Waals surface area (Å²) in [7, 11) is 0. The lowest BCUT2D eigenvalue weighted by Crippen LogP contribution is -2.45. The number of ether oxygens (including phenoxy) is 1. The smallest absolute Gasteiger partial charge is 0.305 e. The second-order valence-electron chi connectivity index (χ2n) is 18.9. The number of unbranched alkanes of at least 4 members (excludes halogenated alkanes) is 40. The van der Waals surface area contributed by atoms with Gasteiger partial charge in [0.05, 0.1) is 25.4 Å². The van der Waals surface area contributed by atoms with Crippen LogP contribution in [-0.4, -0.2) is 47.4 Å². The summed E-state index contributed by atoms with van der Waals surface area (Å²) in [4.78, 5) is 24.5. The molecule has 0 rings (SSSR count). The van der Waals surface area contributed by atoms with Gasteiger partial charge in [-0.25, -0.2) is 0 Å². The van der Waals surface area contributed by atoms with Crippen LogP contribution in [0.4, 0.5) is 0 Å². The third kappa shape index (κ3) is 46.4. The van der Waals surface area contributed by atoms with Gasteiger partial charge in [0, 0.05) is 12.8 Å². The molecule has 0 fully saturated rings. The molecule has 1 amide bonds. The Morgan fingerprint density at radius 1 is 0.400 bits per heavy atom. The number of rotatable bonds is 51. The van der Waals surface area contributed by atoms with Gasteiger partial charge in [-0.05, 0) is 25.7 Å². The van der Waals surface area contributed by atoms with Crippen LogP contribution in [0, 0.1) is 0 Å². The Morgan fingerprint density at radius 2 is 0.683 bits per heavy atom. The lowest BCUT2D eigenvalue weighted by atomic mass is 10.0. The molecular weight excluding hydrogens is 743 g/mol. The summed E-state index contributed by atoms with van der Waals surface area (Å²) in [6.45, 7) is 4.95. The van der Waals surface area contributed by atoms with E-state index in [1.54, 1.807) is 0 Å². The molecule has 0 aromatic heterocycles. The fourth-order valence-electron chi connectivity index (χ4n) is 8.70. The molecule has 0 aromatic rings.